The summed E-state index contributed by atoms with van der Waals surface area (Å²) in [6, 6.07) is 4.83. The number of pyridine rings is 1. The molecular formula is C14H12ClF2N3O. The summed E-state index contributed by atoms with van der Waals surface area (Å²) in [5, 5.41) is 3.17. The molecule has 2 aromatic rings. The van der Waals surface area contributed by atoms with Crippen molar-refractivity contribution in [3.05, 3.63) is 58.4 Å². The highest BCUT2D eigenvalue weighted by Gasteiger charge is 2.09. The maximum absolute atomic E-state index is 13.6. The first-order valence-electron chi connectivity index (χ1n) is 6.06. The number of aromatic nitrogens is 1. The topological polar surface area (TPSA) is 68.0 Å². The van der Waals surface area contributed by atoms with E-state index in [-0.39, 0.29) is 23.7 Å². The maximum atomic E-state index is 13.6. The van der Waals surface area contributed by atoms with Gasteiger partial charge in [0.1, 0.15) is 16.8 Å². The van der Waals surface area contributed by atoms with Gasteiger partial charge in [-0.15, -0.1) is 0 Å². The normalized spacial score (nSPS) is 10.4. The Morgan fingerprint density at radius 3 is 2.71 bits per heavy atom. The highest BCUT2D eigenvalue weighted by Crippen LogP contribution is 2.21. The Kier molecular flexibility index (Phi) is 4.70. The van der Waals surface area contributed by atoms with E-state index in [0.29, 0.717) is 11.3 Å². The van der Waals surface area contributed by atoms with E-state index in [1.807, 2.05) is 0 Å². The molecular weight excluding hydrogens is 300 g/mol. The van der Waals surface area contributed by atoms with Crippen LogP contribution in [0, 0.1) is 11.6 Å². The highest BCUT2D eigenvalue weighted by atomic mass is 35.5. The number of nitrogens with one attached hydrogen (secondary N) is 1. The molecule has 110 valence electrons. The number of anilines is 1. The Morgan fingerprint density at radius 1 is 1.29 bits per heavy atom. The lowest BCUT2D eigenvalue weighted by Crippen LogP contribution is -2.15. The van der Waals surface area contributed by atoms with Gasteiger partial charge in [-0.05, 0) is 12.1 Å². The van der Waals surface area contributed by atoms with E-state index >= 15 is 0 Å². The molecule has 0 aliphatic rings. The summed E-state index contributed by atoms with van der Waals surface area (Å²) < 4.78 is 26.4. The van der Waals surface area contributed by atoms with Gasteiger partial charge in [0.05, 0.1) is 6.42 Å². The monoisotopic (exact) mass is 311 g/mol. The average Bonchev–Trinajstić information content (AvgIpc) is 2.40. The van der Waals surface area contributed by atoms with Crippen molar-refractivity contribution >= 4 is 23.2 Å². The van der Waals surface area contributed by atoms with E-state index in [9.17, 15) is 13.6 Å². The van der Waals surface area contributed by atoms with Crippen molar-refractivity contribution in [2.75, 3.05) is 5.32 Å². The lowest BCUT2D eigenvalue weighted by atomic mass is 10.1. The lowest BCUT2D eigenvalue weighted by Gasteiger charge is -2.12. The van der Waals surface area contributed by atoms with Gasteiger partial charge in [0.25, 0.3) is 0 Å². The minimum absolute atomic E-state index is 0.0155. The zero-order valence-electron chi connectivity index (χ0n) is 10.9. The van der Waals surface area contributed by atoms with Gasteiger partial charge in [0, 0.05) is 35.6 Å². The van der Waals surface area contributed by atoms with Crippen LogP contribution in [0.2, 0.25) is 5.15 Å². The smallest absolute Gasteiger partial charge is 0.221 e. The van der Waals surface area contributed by atoms with Crippen molar-refractivity contribution in [2.24, 2.45) is 5.73 Å². The number of rotatable bonds is 5. The molecule has 1 amide bonds. The average molecular weight is 312 g/mol. The fourth-order valence-electron chi connectivity index (χ4n) is 1.81. The Balaban J connectivity index is 2.18. The third kappa shape index (κ3) is 4.13. The Labute approximate surface area is 124 Å². The summed E-state index contributed by atoms with van der Waals surface area (Å²) in [4.78, 5) is 14.9. The van der Waals surface area contributed by atoms with Gasteiger partial charge in [-0.2, -0.15) is 0 Å². The summed E-state index contributed by atoms with van der Waals surface area (Å²) in [7, 11) is 0. The van der Waals surface area contributed by atoms with Gasteiger partial charge in [-0.1, -0.05) is 17.7 Å². The van der Waals surface area contributed by atoms with Gasteiger partial charge in [-0.25, -0.2) is 13.8 Å². The molecule has 0 bridgehead atoms. The third-order valence-electron chi connectivity index (χ3n) is 2.80. The summed E-state index contributed by atoms with van der Waals surface area (Å²) in [6.07, 6.45) is 1.41. The zero-order valence-corrected chi connectivity index (χ0v) is 11.6. The highest BCUT2D eigenvalue weighted by molar-refractivity contribution is 6.29. The molecule has 0 spiro atoms. The molecule has 1 heterocycles. The SMILES string of the molecule is NC(=O)Cc1cnc(Cl)cc1NCc1ccc(F)cc1F. The molecule has 1 aromatic heterocycles. The van der Waals surface area contributed by atoms with Crippen LogP contribution in [0.4, 0.5) is 14.5 Å². The number of primary amides is 1. The summed E-state index contributed by atoms with van der Waals surface area (Å²) >= 11 is 5.80. The first-order chi connectivity index (χ1) is 9.95. The number of hydrogen-bond acceptors (Lipinski definition) is 3. The Morgan fingerprint density at radius 2 is 2.05 bits per heavy atom. The zero-order chi connectivity index (χ0) is 15.4. The molecule has 0 aliphatic carbocycles. The number of carbonyl (C=O) groups is 1. The minimum atomic E-state index is -0.654. The maximum Gasteiger partial charge on any atom is 0.221 e. The van der Waals surface area contributed by atoms with Crippen LogP contribution in [-0.2, 0) is 17.8 Å². The van der Waals surface area contributed by atoms with Crippen molar-refractivity contribution in [1.29, 1.82) is 0 Å². The molecule has 0 radical (unpaired) electrons. The lowest BCUT2D eigenvalue weighted by molar-refractivity contribution is -0.117. The molecule has 0 unspecified atom stereocenters. The van der Waals surface area contributed by atoms with Crippen LogP contribution in [-0.4, -0.2) is 10.9 Å². The fraction of sp³-hybridized carbons (Fsp3) is 0.143. The molecule has 1 aromatic carbocycles. The third-order valence-corrected chi connectivity index (χ3v) is 3.01. The predicted octanol–water partition coefficient (Wildman–Crippen LogP) is 2.65. The van der Waals surface area contributed by atoms with Gasteiger partial charge in [-0.3, -0.25) is 4.79 Å². The van der Waals surface area contributed by atoms with E-state index in [1.165, 1.54) is 24.4 Å². The van der Waals surface area contributed by atoms with Crippen LogP contribution in [0.15, 0.2) is 30.5 Å². The standard InChI is InChI=1S/C14H12ClF2N3O/c15-13-5-12(9(7-20-13)3-14(18)21)19-6-8-1-2-10(16)4-11(8)17/h1-2,4-5,7H,3,6H2,(H2,18,21)(H,19,20). The number of nitrogens with zero attached hydrogens (tertiary/aromatic N) is 1. The van der Waals surface area contributed by atoms with Crippen LogP contribution >= 0.6 is 11.6 Å². The number of amides is 1. The van der Waals surface area contributed by atoms with Crippen LogP contribution in [0.25, 0.3) is 0 Å². The number of nitrogens with two attached hydrogens (primary N) is 1. The second-order valence-electron chi connectivity index (χ2n) is 4.40. The summed E-state index contributed by atoms with van der Waals surface area (Å²) in [5.41, 5.74) is 6.51. The van der Waals surface area contributed by atoms with Crippen LogP contribution in [0.3, 0.4) is 0 Å². The summed E-state index contributed by atoms with van der Waals surface area (Å²) in [5.74, 6) is -1.81. The molecule has 21 heavy (non-hydrogen) atoms. The molecule has 0 aliphatic heterocycles. The molecule has 3 N–H and O–H groups in total. The summed E-state index contributed by atoms with van der Waals surface area (Å²) in [6.45, 7) is 0.109. The number of carbonyl (C=O) groups excluding carboxylic acids is 1. The van der Waals surface area contributed by atoms with Gasteiger partial charge in [0.2, 0.25) is 5.91 Å². The van der Waals surface area contributed by atoms with Crippen LogP contribution in [0.5, 0.6) is 0 Å². The molecule has 0 saturated heterocycles. The largest absolute Gasteiger partial charge is 0.380 e. The van der Waals surface area contributed by atoms with Crippen LogP contribution in [0.1, 0.15) is 11.1 Å². The number of halogens is 3. The molecule has 0 saturated carbocycles. The molecule has 0 atom stereocenters. The second kappa shape index (κ2) is 6.49. The molecule has 7 heteroatoms. The van der Waals surface area contributed by atoms with Crippen molar-refractivity contribution in [3.63, 3.8) is 0 Å². The first-order valence-corrected chi connectivity index (χ1v) is 6.44. The second-order valence-corrected chi connectivity index (χ2v) is 4.78. The quantitative estimate of drug-likeness (QED) is 0.834. The molecule has 2 rings (SSSR count). The molecule has 4 nitrogen and oxygen atoms in total. The molecule has 0 fully saturated rings. The Hall–Kier alpha value is -2.21. The Bertz CT molecular complexity index is 679. The van der Waals surface area contributed by atoms with Gasteiger partial charge in [0.15, 0.2) is 0 Å². The predicted molar refractivity (Wildman–Crippen MR) is 75.8 cm³/mol. The van der Waals surface area contributed by atoms with Crippen molar-refractivity contribution in [3.8, 4) is 0 Å². The number of hydrogen-bond donors (Lipinski definition) is 2. The van der Waals surface area contributed by atoms with Gasteiger partial charge >= 0.3 is 0 Å². The fourth-order valence-corrected chi connectivity index (χ4v) is 1.96. The van der Waals surface area contributed by atoms with E-state index in [0.717, 1.165) is 6.07 Å². The first kappa shape index (κ1) is 15.2. The minimum Gasteiger partial charge on any atom is -0.380 e. The number of benzene rings is 1. The van der Waals surface area contributed by atoms with Gasteiger partial charge < -0.3 is 11.1 Å². The van der Waals surface area contributed by atoms with E-state index < -0.39 is 17.5 Å². The van der Waals surface area contributed by atoms with E-state index in [2.05, 4.69) is 10.3 Å². The van der Waals surface area contributed by atoms with Crippen LogP contribution < -0.4 is 11.1 Å². The van der Waals surface area contributed by atoms with Crippen molar-refractivity contribution in [2.45, 2.75) is 13.0 Å². The van der Waals surface area contributed by atoms with E-state index in [1.54, 1.807) is 0 Å². The van der Waals surface area contributed by atoms with E-state index in [4.69, 9.17) is 17.3 Å². The van der Waals surface area contributed by atoms with Crippen molar-refractivity contribution < 1.29 is 13.6 Å². The van der Waals surface area contributed by atoms with Crippen molar-refractivity contribution in [1.82, 2.24) is 4.98 Å².